The molecule has 2 aliphatic carbocycles. The van der Waals surface area contributed by atoms with Gasteiger partial charge in [0.2, 0.25) is 0 Å². The fraction of sp³-hybridized carbons (Fsp3) is 0.0323. The van der Waals surface area contributed by atoms with E-state index in [-0.39, 0.29) is 0 Å². The van der Waals surface area contributed by atoms with Crippen LogP contribution in [0.5, 0.6) is 0 Å². The Morgan fingerprint density at radius 1 is 0.297 bits per heavy atom. The molecule has 0 aliphatic heterocycles. The third kappa shape index (κ3) is 5.02. The van der Waals surface area contributed by atoms with Crippen molar-refractivity contribution in [1.29, 1.82) is 0 Å². The summed E-state index contributed by atoms with van der Waals surface area (Å²) < 4.78 is 6.89. The van der Waals surface area contributed by atoms with Crippen LogP contribution in [0.2, 0.25) is 0 Å². The van der Waals surface area contributed by atoms with Crippen LogP contribution in [0.3, 0.4) is 0 Å². The number of rotatable bonds is 7. The highest BCUT2D eigenvalue weighted by Gasteiger charge is 2.47. The number of nitrogens with zero attached hydrogens (tertiary/aromatic N) is 1. The van der Waals surface area contributed by atoms with Gasteiger partial charge in [0.25, 0.3) is 0 Å². The van der Waals surface area contributed by atoms with E-state index in [2.05, 4.69) is 254 Å². The van der Waals surface area contributed by atoms with Crippen LogP contribution in [0, 0.1) is 0 Å². The van der Waals surface area contributed by atoms with Gasteiger partial charge in [-0.1, -0.05) is 212 Å². The summed E-state index contributed by atoms with van der Waals surface area (Å²) in [5.74, 6) is 0. The number of anilines is 3. The number of para-hydroxylation sites is 2. The molecular formula is C62H41NO. The zero-order chi connectivity index (χ0) is 42.2. The third-order valence-electron chi connectivity index (χ3n) is 14.0. The van der Waals surface area contributed by atoms with Gasteiger partial charge in [-0.15, -0.1) is 0 Å². The molecule has 0 N–H and O–H groups in total. The van der Waals surface area contributed by atoms with Gasteiger partial charge in [-0.05, 0) is 103 Å². The van der Waals surface area contributed by atoms with Gasteiger partial charge in [0.05, 0.1) is 16.5 Å². The van der Waals surface area contributed by atoms with Crippen LogP contribution in [-0.2, 0) is 10.8 Å². The Balaban J connectivity index is 1.10. The molecule has 0 saturated carbocycles. The summed E-state index contributed by atoms with van der Waals surface area (Å²) in [4.78, 5) is 2.43. The molecule has 11 aromatic rings. The molecule has 0 atom stereocenters. The van der Waals surface area contributed by atoms with Crippen LogP contribution < -0.4 is 4.90 Å². The Morgan fingerprint density at radius 3 is 1.16 bits per heavy atom. The van der Waals surface area contributed by atoms with Crippen molar-refractivity contribution in [1.82, 2.24) is 0 Å². The zero-order valence-corrected chi connectivity index (χ0v) is 35.0. The molecule has 13 rings (SSSR count). The van der Waals surface area contributed by atoms with Crippen molar-refractivity contribution in [2.75, 3.05) is 4.90 Å². The molecule has 1 aromatic heterocycles. The summed E-state index contributed by atoms with van der Waals surface area (Å²) in [7, 11) is 0. The van der Waals surface area contributed by atoms with E-state index in [9.17, 15) is 0 Å². The summed E-state index contributed by atoms with van der Waals surface area (Å²) in [6.45, 7) is 0. The van der Waals surface area contributed by atoms with Crippen molar-refractivity contribution in [2.24, 2.45) is 0 Å². The Bertz CT molecular complexity index is 3310. The standard InChI is InChI=1S/C62H41NO/c1-3-20-42(21-4-1)61(54-34-12-7-28-48(54)49-29-8-13-35-55(49)61)44-24-17-26-46(40-44)63(58-38-19-33-53-52-32-11-16-39-59(52)64-60(53)58)47-27-18-25-45(41-47)62(43-22-5-2-6-23-43)56-36-14-9-30-50(56)51-31-10-15-37-57(51)62/h1-41H. The smallest absolute Gasteiger partial charge is 0.159 e. The number of fused-ring (bicyclic) bond motifs is 9. The molecule has 1 heterocycles. The molecular weight excluding hydrogens is 775 g/mol. The maximum absolute atomic E-state index is 6.89. The first-order chi connectivity index (χ1) is 31.8. The van der Waals surface area contributed by atoms with Crippen molar-refractivity contribution in [3.8, 4) is 22.3 Å². The summed E-state index contributed by atoms with van der Waals surface area (Å²) in [5.41, 5.74) is 18.8. The Kier molecular flexibility index (Phi) is 8.07. The van der Waals surface area contributed by atoms with E-state index in [0.29, 0.717) is 0 Å². The van der Waals surface area contributed by atoms with Crippen LogP contribution in [0.1, 0.15) is 44.5 Å². The van der Waals surface area contributed by atoms with Crippen LogP contribution in [0.15, 0.2) is 253 Å². The van der Waals surface area contributed by atoms with Crippen molar-refractivity contribution in [2.45, 2.75) is 10.8 Å². The van der Waals surface area contributed by atoms with E-state index in [1.807, 2.05) is 0 Å². The minimum absolute atomic E-state index is 0.558. The first kappa shape index (κ1) is 36.5. The lowest BCUT2D eigenvalue weighted by Crippen LogP contribution is -2.29. The van der Waals surface area contributed by atoms with E-state index in [1.165, 1.54) is 66.8 Å². The van der Waals surface area contributed by atoms with Gasteiger partial charge in [-0.3, -0.25) is 0 Å². The monoisotopic (exact) mass is 815 g/mol. The molecule has 2 nitrogen and oxygen atoms in total. The van der Waals surface area contributed by atoms with Gasteiger partial charge in [0.15, 0.2) is 5.58 Å². The number of furan rings is 1. The highest BCUT2D eigenvalue weighted by molar-refractivity contribution is 6.10. The molecule has 2 aliphatic rings. The predicted molar refractivity (Wildman–Crippen MR) is 263 cm³/mol. The largest absolute Gasteiger partial charge is 0.454 e. The Hall–Kier alpha value is -8.20. The highest BCUT2D eigenvalue weighted by Crippen LogP contribution is 2.59. The van der Waals surface area contributed by atoms with Gasteiger partial charge in [0.1, 0.15) is 5.58 Å². The van der Waals surface area contributed by atoms with Crippen molar-refractivity contribution in [3.05, 3.63) is 293 Å². The van der Waals surface area contributed by atoms with Crippen molar-refractivity contribution < 1.29 is 4.42 Å². The lowest BCUT2D eigenvalue weighted by Gasteiger charge is -2.36. The summed E-state index contributed by atoms with van der Waals surface area (Å²) in [6.07, 6.45) is 0. The average Bonchev–Trinajstić information content (AvgIpc) is 4.01. The first-order valence-corrected chi connectivity index (χ1v) is 22.2. The minimum atomic E-state index is -0.558. The molecule has 0 spiro atoms. The Morgan fingerprint density at radius 2 is 0.672 bits per heavy atom. The number of hydrogen-bond acceptors (Lipinski definition) is 2. The molecule has 300 valence electrons. The molecule has 0 amide bonds. The molecule has 0 radical (unpaired) electrons. The molecule has 10 aromatic carbocycles. The summed E-state index contributed by atoms with van der Waals surface area (Å²) in [6, 6.07) is 91.4. The first-order valence-electron chi connectivity index (χ1n) is 22.2. The number of benzene rings is 10. The fourth-order valence-electron chi connectivity index (χ4n) is 11.5. The van der Waals surface area contributed by atoms with Crippen LogP contribution >= 0.6 is 0 Å². The molecule has 2 heteroatoms. The maximum Gasteiger partial charge on any atom is 0.159 e. The average molecular weight is 816 g/mol. The lowest BCUT2D eigenvalue weighted by atomic mass is 9.67. The van der Waals surface area contributed by atoms with Gasteiger partial charge in [0, 0.05) is 22.1 Å². The topological polar surface area (TPSA) is 16.4 Å². The van der Waals surface area contributed by atoms with Gasteiger partial charge < -0.3 is 9.32 Å². The molecule has 0 unspecified atom stereocenters. The van der Waals surface area contributed by atoms with E-state index in [4.69, 9.17) is 4.42 Å². The quantitative estimate of drug-likeness (QED) is 0.159. The molecule has 0 bridgehead atoms. The zero-order valence-electron chi connectivity index (χ0n) is 35.0. The highest BCUT2D eigenvalue weighted by atomic mass is 16.3. The molecule has 64 heavy (non-hydrogen) atoms. The van der Waals surface area contributed by atoms with Gasteiger partial charge >= 0.3 is 0 Å². The van der Waals surface area contributed by atoms with E-state index in [1.54, 1.807) is 0 Å². The summed E-state index contributed by atoms with van der Waals surface area (Å²) in [5, 5.41) is 2.19. The van der Waals surface area contributed by atoms with E-state index >= 15 is 0 Å². The fourth-order valence-corrected chi connectivity index (χ4v) is 11.5. The number of hydrogen-bond donors (Lipinski definition) is 0. The summed E-state index contributed by atoms with van der Waals surface area (Å²) >= 11 is 0. The van der Waals surface area contributed by atoms with Crippen LogP contribution in [0.4, 0.5) is 17.1 Å². The molecule has 0 fully saturated rings. The van der Waals surface area contributed by atoms with Crippen molar-refractivity contribution in [3.63, 3.8) is 0 Å². The van der Waals surface area contributed by atoms with Crippen LogP contribution in [-0.4, -0.2) is 0 Å². The van der Waals surface area contributed by atoms with E-state index < -0.39 is 10.8 Å². The second-order valence-electron chi connectivity index (χ2n) is 17.1. The normalized spacial score (nSPS) is 13.9. The van der Waals surface area contributed by atoms with Crippen molar-refractivity contribution >= 4 is 39.0 Å². The SMILES string of the molecule is c1ccc(C2(c3cccc(N(c4cccc(C5(c6ccccc6)c6ccccc6-c6ccccc65)c4)c4cccc5c4oc4ccccc45)c3)c3ccccc3-c3ccccc32)cc1. The predicted octanol–water partition coefficient (Wildman–Crippen LogP) is 15.8. The third-order valence-corrected chi connectivity index (χ3v) is 14.0. The lowest BCUT2D eigenvalue weighted by molar-refractivity contribution is 0.669. The molecule has 0 saturated heterocycles. The minimum Gasteiger partial charge on any atom is -0.454 e. The van der Waals surface area contributed by atoms with Crippen LogP contribution in [0.25, 0.3) is 44.2 Å². The van der Waals surface area contributed by atoms with E-state index in [0.717, 1.165) is 39.0 Å². The second-order valence-corrected chi connectivity index (χ2v) is 17.1. The second kappa shape index (κ2) is 14.2. The van der Waals surface area contributed by atoms with Gasteiger partial charge in [-0.25, -0.2) is 0 Å². The maximum atomic E-state index is 6.89. The Labute approximate surface area is 373 Å². The van der Waals surface area contributed by atoms with Gasteiger partial charge in [-0.2, -0.15) is 0 Å².